The van der Waals surface area contributed by atoms with Crippen molar-refractivity contribution in [3.05, 3.63) is 36.2 Å². The zero-order chi connectivity index (χ0) is 15.9. The second-order valence-electron chi connectivity index (χ2n) is 5.00. The van der Waals surface area contributed by atoms with Gasteiger partial charge in [0.2, 0.25) is 5.91 Å². The molecule has 0 unspecified atom stereocenters. The van der Waals surface area contributed by atoms with Crippen LogP contribution in [0.3, 0.4) is 0 Å². The Morgan fingerprint density at radius 3 is 2.77 bits per heavy atom. The molecule has 0 aliphatic heterocycles. The van der Waals surface area contributed by atoms with Crippen LogP contribution in [-0.4, -0.2) is 33.0 Å². The van der Waals surface area contributed by atoms with E-state index in [1.807, 2.05) is 16.7 Å². The fourth-order valence-corrected chi connectivity index (χ4v) is 2.61. The van der Waals surface area contributed by atoms with Crippen LogP contribution in [0.1, 0.15) is 25.3 Å². The van der Waals surface area contributed by atoms with Crippen LogP contribution in [0, 0.1) is 12.3 Å². The predicted molar refractivity (Wildman–Crippen MR) is 88.0 cm³/mol. The molecular weight excluding hydrogens is 296 g/mol. The maximum atomic E-state index is 11.6. The quantitative estimate of drug-likeness (QED) is 0.656. The summed E-state index contributed by atoms with van der Waals surface area (Å²) in [5, 5.41) is 11.3. The number of terminal acetylenes is 1. The van der Waals surface area contributed by atoms with Gasteiger partial charge >= 0.3 is 0 Å². The number of nitrogens with zero attached hydrogens (tertiary/aromatic N) is 3. The van der Waals surface area contributed by atoms with Crippen molar-refractivity contribution >= 4 is 17.7 Å². The molecule has 0 saturated heterocycles. The smallest absolute Gasteiger partial charge is 0.231 e. The van der Waals surface area contributed by atoms with E-state index in [9.17, 15) is 4.79 Å². The van der Waals surface area contributed by atoms with Gasteiger partial charge in [-0.3, -0.25) is 9.36 Å². The number of aromatic nitrogens is 3. The normalized spacial score (nSPS) is 10.5. The summed E-state index contributed by atoms with van der Waals surface area (Å²) in [6.07, 6.45) is 6.75. The van der Waals surface area contributed by atoms with E-state index in [4.69, 9.17) is 6.42 Å². The molecule has 0 saturated carbocycles. The zero-order valence-electron chi connectivity index (χ0n) is 12.6. The summed E-state index contributed by atoms with van der Waals surface area (Å²) in [6.45, 7) is 4.55. The van der Waals surface area contributed by atoms with Crippen molar-refractivity contribution in [1.29, 1.82) is 0 Å². The lowest BCUT2D eigenvalue weighted by Gasteiger charge is -2.09. The number of amides is 1. The fraction of sp³-hybridized carbons (Fsp3) is 0.312. The molecule has 114 valence electrons. The van der Waals surface area contributed by atoms with Gasteiger partial charge in [0.15, 0.2) is 5.16 Å². The monoisotopic (exact) mass is 314 g/mol. The Morgan fingerprint density at radius 1 is 1.41 bits per heavy atom. The van der Waals surface area contributed by atoms with Crippen molar-refractivity contribution < 1.29 is 4.79 Å². The summed E-state index contributed by atoms with van der Waals surface area (Å²) in [6, 6.07) is 8.24. The van der Waals surface area contributed by atoms with E-state index >= 15 is 0 Å². The molecule has 0 spiro atoms. The molecule has 0 fully saturated rings. The van der Waals surface area contributed by atoms with E-state index in [2.05, 4.69) is 47.4 Å². The van der Waals surface area contributed by atoms with Crippen molar-refractivity contribution in [2.24, 2.45) is 0 Å². The predicted octanol–water partition coefficient (Wildman–Crippen LogP) is 2.23. The Morgan fingerprint density at radius 2 is 2.14 bits per heavy atom. The number of carbonyl (C=O) groups excluding carboxylic acids is 1. The molecule has 1 aromatic heterocycles. The van der Waals surface area contributed by atoms with Crippen LogP contribution in [-0.2, 0) is 4.79 Å². The van der Waals surface area contributed by atoms with Gasteiger partial charge in [0.1, 0.15) is 6.33 Å². The van der Waals surface area contributed by atoms with Gasteiger partial charge in [0.05, 0.1) is 12.3 Å². The van der Waals surface area contributed by atoms with Crippen molar-refractivity contribution in [2.45, 2.75) is 24.9 Å². The molecule has 2 aromatic rings. The first-order valence-electron chi connectivity index (χ1n) is 6.95. The van der Waals surface area contributed by atoms with Crippen molar-refractivity contribution in [2.75, 3.05) is 12.3 Å². The molecule has 1 heterocycles. The lowest BCUT2D eigenvalue weighted by Crippen LogP contribution is -2.25. The van der Waals surface area contributed by atoms with E-state index in [1.165, 1.54) is 17.3 Å². The maximum Gasteiger partial charge on any atom is 0.231 e. The number of carbonyl (C=O) groups is 1. The first-order chi connectivity index (χ1) is 10.6. The molecule has 0 aliphatic rings. The Bertz CT molecular complexity index is 670. The van der Waals surface area contributed by atoms with E-state index < -0.39 is 0 Å². The van der Waals surface area contributed by atoms with Gasteiger partial charge < -0.3 is 5.32 Å². The lowest BCUT2D eigenvalue weighted by molar-refractivity contribution is -0.118. The third kappa shape index (κ3) is 4.12. The fourth-order valence-electron chi connectivity index (χ4n) is 1.85. The molecule has 0 aliphatic carbocycles. The van der Waals surface area contributed by atoms with Gasteiger partial charge in [0, 0.05) is 5.69 Å². The Balaban J connectivity index is 2.06. The topological polar surface area (TPSA) is 59.8 Å². The van der Waals surface area contributed by atoms with Gasteiger partial charge in [-0.05, 0) is 23.6 Å². The SMILES string of the molecule is C#CCNC(=O)CSc1nncn1-c1ccc(C(C)C)cc1. The second-order valence-corrected chi connectivity index (χ2v) is 5.94. The number of rotatable bonds is 6. The average Bonchev–Trinajstić information content (AvgIpc) is 2.99. The van der Waals surface area contributed by atoms with Gasteiger partial charge in [-0.1, -0.05) is 43.7 Å². The molecule has 2 rings (SSSR count). The van der Waals surface area contributed by atoms with Crippen molar-refractivity contribution in [3.63, 3.8) is 0 Å². The molecule has 0 atom stereocenters. The highest BCUT2D eigenvalue weighted by molar-refractivity contribution is 7.99. The highest BCUT2D eigenvalue weighted by Crippen LogP contribution is 2.21. The third-order valence-electron chi connectivity index (χ3n) is 3.07. The highest BCUT2D eigenvalue weighted by atomic mass is 32.2. The number of nitrogens with one attached hydrogen (secondary N) is 1. The Hall–Kier alpha value is -2.26. The molecule has 1 N–H and O–H groups in total. The summed E-state index contributed by atoms with van der Waals surface area (Å²) in [4.78, 5) is 11.6. The molecule has 5 nitrogen and oxygen atoms in total. The van der Waals surface area contributed by atoms with Crippen LogP contribution < -0.4 is 5.32 Å². The Kier molecular flexibility index (Phi) is 5.61. The summed E-state index contributed by atoms with van der Waals surface area (Å²) >= 11 is 1.33. The molecule has 1 aromatic carbocycles. The first-order valence-corrected chi connectivity index (χ1v) is 7.93. The number of benzene rings is 1. The molecule has 0 bridgehead atoms. The van der Waals surface area contributed by atoms with Crippen LogP contribution in [0.25, 0.3) is 5.69 Å². The number of hydrogen-bond donors (Lipinski definition) is 1. The Labute approximate surface area is 134 Å². The largest absolute Gasteiger partial charge is 0.344 e. The van der Waals surface area contributed by atoms with Crippen LogP contribution in [0.4, 0.5) is 0 Å². The van der Waals surface area contributed by atoms with Crippen LogP contribution >= 0.6 is 11.8 Å². The maximum absolute atomic E-state index is 11.6. The minimum absolute atomic E-state index is 0.118. The zero-order valence-corrected chi connectivity index (χ0v) is 13.4. The minimum Gasteiger partial charge on any atom is -0.344 e. The molecular formula is C16H18N4OS. The van der Waals surface area contributed by atoms with Crippen LogP contribution in [0.15, 0.2) is 35.7 Å². The van der Waals surface area contributed by atoms with E-state index in [0.29, 0.717) is 11.1 Å². The lowest BCUT2D eigenvalue weighted by atomic mass is 10.0. The third-order valence-corrected chi connectivity index (χ3v) is 4.02. The van der Waals surface area contributed by atoms with E-state index in [-0.39, 0.29) is 18.2 Å². The number of thioether (sulfide) groups is 1. The van der Waals surface area contributed by atoms with Crippen LogP contribution in [0.5, 0.6) is 0 Å². The van der Waals surface area contributed by atoms with E-state index in [0.717, 1.165) is 5.69 Å². The summed E-state index contributed by atoms with van der Waals surface area (Å²) in [5.41, 5.74) is 2.25. The molecule has 0 radical (unpaired) electrons. The van der Waals surface area contributed by atoms with E-state index in [1.54, 1.807) is 6.33 Å². The van der Waals surface area contributed by atoms with Crippen molar-refractivity contribution in [3.8, 4) is 18.0 Å². The summed E-state index contributed by atoms with van der Waals surface area (Å²) in [5.74, 6) is 2.99. The van der Waals surface area contributed by atoms with Gasteiger partial charge in [-0.15, -0.1) is 16.6 Å². The minimum atomic E-state index is -0.118. The standard InChI is InChI=1S/C16H18N4OS/c1-4-9-17-15(21)10-22-16-19-18-11-20(16)14-7-5-13(6-8-14)12(2)3/h1,5-8,11-12H,9-10H2,2-3H3,(H,17,21). The van der Waals surface area contributed by atoms with Gasteiger partial charge in [0.25, 0.3) is 0 Å². The number of hydrogen-bond acceptors (Lipinski definition) is 4. The first kappa shape index (κ1) is 16.1. The molecule has 22 heavy (non-hydrogen) atoms. The average molecular weight is 314 g/mol. The second kappa shape index (κ2) is 7.66. The van der Waals surface area contributed by atoms with Gasteiger partial charge in [-0.2, -0.15) is 0 Å². The summed E-state index contributed by atoms with van der Waals surface area (Å²) < 4.78 is 1.86. The van der Waals surface area contributed by atoms with Crippen LogP contribution in [0.2, 0.25) is 0 Å². The highest BCUT2D eigenvalue weighted by Gasteiger charge is 2.10. The summed E-state index contributed by atoms with van der Waals surface area (Å²) in [7, 11) is 0. The van der Waals surface area contributed by atoms with Crippen molar-refractivity contribution in [1.82, 2.24) is 20.1 Å². The van der Waals surface area contributed by atoms with Gasteiger partial charge in [-0.25, -0.2) is 0 Å². The molecule has 6 heteroatoms. The molecule has 1 amide bonds.